The molecule has 0 aromatic heterocycles. The number of ether oxygens (including phenoxy) is 1. The van der Waals surface area contributed by atoms with Crippen molar-refractivity contribution < 1.29 is 4.74 Å². The fourth-order valence-electron chi connectivity index (χ4n) is 0.943. The Hall–Kier alpha value is -0.0800. The zero-order valence-electron chi connectivity index (χ0n) is 7.81. The van der Waals surface area contributed by atoms with Crippen LogP contribution in [0.5, 0.6) is 0 Å². The third-order valence-electron chi connectivity index (χ3n) is 1.72. The molecule has 0 rings (SSSR count). The topological polar surface area (TPSA) is 35.2 Å². The molecule has 2 heteroatoms. The maximum Gasteiger partial charge on any atom is 0.0547 e. The van der Waals surface area contributed by atoms with Crippen LogP contribution in [0.2, 0.25) is 0 Å². The molecule has 0 spiro atoms. The number of hydrogen-bond acceptors (Lipinski definition) is 2. The Morgan fingerprint density at radius 1 is 1.36 bits per heavy atom. The van der Waals surface area contributed by atoms with Crippen molar-refractivity contribution in [2.45, 2.75) is 45.6 Å². The Labute approximate surface area is 70.1 Å². The maximum atomic E-state index is 5.50. The molecule has 0 aromatic carbocycles. The van der Waals surface area contributed by atoms with Gasteiger partial charge in [0.15, 0.2) is 0 Å². The highest BCUT2D eigenvalue weighted by Crippen LogP contribution is 2.03. The van der Waals surface area contributed by atoms with E-state index >= 15 is 0 Å². The van der Waals surface area contributed by atoms with Gasteiger partial charge in [-0.15, -0.1) is 0 Å². The van der Waals surface area contributed by atoms with E-state index in [1.807, 2.05) is 0 Å². The van der Waals surface area contributed by atoms with Gasteiger partial charge >= 0.3 is 0 Å². The average molecular weight is 159 g/mol. The fourth-order valence-corrected chi connectivity index (χ4v) is 0.943. The molecular formula is C9H21NO. The van der Waals surface area contributed by atoms with E-state index in [2.05, 4.69) is 13.8 Å². The van der Waals surface area contributed by atoms with Gasteiger partial charge in [0.1, 0.15) is 0 Å². The van der Waals surface area contributed by atoms with Crippen LogP contribution >= 0.6 is 0 Å². The largest absolute Gasteiger partial charge is 0.378 e. The number of rotatable bonds is 7. The number of hydrogen-bond donors (Lipinski definition) is 1. The highest BCUT2D eigenvalue weighted by atomic mass is 16.5. The summed E-state index contributed by atoms with van der Waals surface area (Å²) in [6, 6.07) is 0. The first-order valence-corrected chi connectivity index (χ1v) is 4.63. The monoisotopic (exact) mass is 159 g/mol. The van der Waals surface area contributed by atoms with Gasteiger partial charge in [-0.1, -0.05) is 19.8 Å². The second-order valence-electron chi connectivity index (χ2n) is 2.97. The molecule has 0 aromatic rings. The van der Waals surface area contributed by atoms with Crippen molar-refractivity contribution in [3.63, 3.8) is 0 Å². The molecule has 0 radical (unpaired) electrons. The molecule has 0 bridgehead atoms. The minimum absolute atomic E-state index is 0.418. The third kappa shape index (κ3) is 7.82. The fraction of sp³-hybridized carbons (Fsp3) is 1.00. The van der Waals surface area contributed by atoms with E-state index < -0.39 is 0 Å². The minimum atomic E-state index is 0.418. The van der Waals surface area contributed by atoms with Gasteiger partial charge in [-0.05, 0) is 26.3 Å². The first kappa shape index (κ1) is 10.9. The van der Waals surface area contributed by atoms with Crippen molar-refractivity contribution in [1.82, 2.24) is 0 Å². The molecule has 0 aliphatic carbocycles. The minimum Gasteiger partial charge on any atom is -0.378 e. The van der Waals surface area contributed by atoms with Gasteiger partial charge in [-0.3, -0.25) is 0 Å². The summed E-state index contributed by atoms with van der Waals surface area (Å²) in [7, 11) is 0. The summed E-state index contributed by atoms with van der Waals surface area (Å²) in [4.78, 5) is 0. The lowest BCUT2D eigenvalue weighted by Gasteiger charge is -2.11. The normalized spacial score (nSPS) is 13.4. The quantitative estimate of drug-likeness (QED) is 0.576. The molecule has 1 atom stereocenters. The summed E-state index contributed by atoms with van der Waals surface area (Å²) in [5.41, 5.74) is 5.33. The molecule has 11 heavy (non-hydrogen) atoms. The van der Waals surface area contributed by atoms with Crippen molar-refractivity contribution in [3.8, 4) is 0 Å². The van der Waals surface area contributed by atoms with Gasteiger partial charge < -0.3 is 10.5 Å². The van der Waals surface area contributed by atoms with E-state index in [0.29, 0.717) is 6.10 Å². The van der Waals surface area contributed by atoms with E-state index in [-0.39, 0.29) is 0 Å². The average Bonchev–Trinajstić information content (AvgIpc) is 2.01. The summed E-state index contributed by atoms with van der Waals surface area (Å²) in [6.45, 7) is 5.89. The molecule has 2 nitrogen and oxygen atoms in total. The van der Waals surface area contributed by atoms with Crippen LogP contribution in [-0.2, 0) is 4.74 Å². The SMILES string of the molecule is CCCCC(C)OCCCN. The number of nitrogens with two attached hydrogens (primary N) is 1. The Balaban J connectivity index is 3.02. The van der Waals surface area contributed by atoms with E-state index in [1.54, 1.807) is 0 Å². The predicted octanol–water partition coefficient (Wildman–Crippen LogP) is 1.93. The van der Waals surface area contributed by atoms with Crippen molar-refractivity contribution >= 4 is 0 Å². The molecule has 0 amide bonds. The van der Waals surface area contributed by atoms with Gasteiger partial charge in [0, 0.05) is 6.61 Å². The van der Waals surface area contributed by atoms with Gasteiger partial charge in [-0.2, -0.15) is 0 Å². The highest BCUT2D eigenvalue weighted by Gasteiger charge is 1.99. The second-order valence-corrected chi connectivity index (χ2v) is 2.97. The Morgan fingerprint density at radius 2 is 2.09 bits per heavy atom. The van der Waals surface area contributed by atoms with Gasteiger partial charge in [0.25, 0.3) is 0 Å². The van der Waals surface area contributed by atoms with E-state index in [0.717, 1.165) is 19.6 Å². The molecule has 1 unspecified atom stereocenters. The van der Waals surface area contributed by atoms with E-state index in [1.165, 1.54) is 19.3 Å². The van der Waals surface area contributed by atoms with Crippen LogP contribution in [0.15, 0.2) is 0 Å². The third-order valence-corrected chi connectivity index (χ3v) is 1.72. The van der Waals surface area contributed by atoms with E-state index in [9.17, 15) is 0 Å². The molecule has 2 N–H and O–H groups in total. The lowest BCUT2D eigenvalue weighted by molar-refractivity contribution is 0.0583. The zero-order chi connectivity index (χ0) is 8.53. The van der Waals surface area contributed by atoms with Crippen LogP contribution in [0.25, 0.3) is 0 Å². The van der Waals surface area contributed by atoms with E-state index in [4.69, 9.17) is 10.5 Å². The molecule has 0 fully saturated rings. The van der Waals surface area contributed by atoms with Gasteiger partial charge in [-0.25, -0.2) is 0 Å². The van der Waals surface area contributed by atoms with Crippen LogP contribution < -0.4 is 5.73 Å². The lowest BCUT2D eigenvalue weighted by Crippen LogP contribution is -2.11. The zero-order valence-corrected chi connectivity index (χ0v) is 7.81. The summed E-state index contributed by atoms with van der Waals surface area (Å²) >= 11 is 0. The molecule has 0 aliphatic heterocycles. The van der Waals surface area contributed by atoms with Crippen molar-refractivity contribution in [1.29, 1.82) is 0 Å². The summed E-state index contributed by atoms with van der Waals surface area (Å²) < 4.78 is 5.50. The van der Waals surface area contributed by atoms with Gasteiger partial charge in [0.05, 0.1) is 6.10 Å². The van der Waals surface area contributed by atoms with Crippen LogP contribution in [0.4, 0.5) is 0 Å². The van der Waals surface area contributed by atoms with Crippen LogP contribution in [0, 0.1) is 0 Å². The molecule has 0 heterocycles. The molecule has 0 aliphatic rings. The molecular weight excluding hydrogens is 138 g/mol. The van der Waals surface area contributed by atoms with Crippen LogP contribution in [0.1, 0.15) is 39.5 Å². The van der Waals surface area contributed by atoms with Crippen LogP contribution in [0.3, 0.4) is 0 Å². The maximum absolute atomic E-state index is 5.50. The Morgan fingerprint density at radius 3 is 2.64 bits per heavy atom. The lowest BCUT2D eigenvalue weighted by atomic mass is 10.2. The summed E-state index contributed by atoms with van der Waals surface area (Å²) in [5, 5.41) is 0. The van der Waals surface area contributed by atoms with Crippen molar-refractivity contribution in [2.24, 2.45) is 5.73 Å². The number of unbranched alkanes of at least 4 members (excludes halogenated alkanes) is 1. The first-order chi connectivity index (χ1) is 5.31. The van der Waals surface area contributed by atoms with Crippen LogP contribution in [-0.4, -0.2) is 19.3 Å². The van der Waals surface area contributed by atoms with Gasteiger partial charge in [0.2, 0.25) is 0 Å². The molecule has 0 saturated heterocycles. The standard InChI is InChI=1S/C9H21NO/c1-3-4-6-9(2)11-8-5-7-10/h9H,3-8,10H2,1-2H3. The second kappa shape index (κ2) is 8.02. The van der Waals surface area contributed by atoms with Crippen molar-refractivity contribution in [3.05, 3.63) is 0 Å². The Bertz CT molecular complexity index is 76.0. The first-order valence-electron chi connectivity index (χ1n) is 4.63. The summed E-state index contributed by atoms with van der Waals surface area (Å²) in [5.74, 6) is 0. The molecule has 68 valence electrons. The Kier molecular flexibility index (Phi) is 7.96. The van der Waals surface area contributed by atoms with Crippen molar-refractivity contribution in [2.75, 3.05) is 13.2 Å². The predicted molar refractivity (Wildman–Crippen MR) is 48.6 cm³/mol. The molecule has 0 saturated carbocycles. The smallest absolute Gasteiger partial charge is 0.0547 e. The summed E-state index contributed by atoms with van der Waals surface area (Å²) in [6.07, 6.45) is 5.10. The highest BCUT2D eigenvalue weighted by molar-refractivity contribution is 4.49.